The van der Waals surface area contributed by atoms with Crippen LogP contribution in [0.3, 0.4) is 0 Å². The van der Waals surface area contributed by atoms with Crippen molar-refractivity contribution in [2.45, 2.75) is 0 Å². The van der Waals surface area contributed by atoms with Crippen molar-refractivity contribution in [1.29, 1.82) is 0 Å². The Balaban J connectivity index is 0.00000106. The summed E-state index contributed by atoms with van der Waals surface area (Å²) in [5.74, 6) is 0. The molecule has 4 aromatic rings. The minimum atomic E-state index is 0.420. The standard InChI is InChI=1S/C21H17ClN4O2.CH5N/c22-19-4-1-13(11-23-19)17-9-14(12-27)20-21(24-17)16-3-2-15(10-18(16)25-20)26-5-7-28-8-6-26;1-2/h1-4,9-12,25H,5-8H2;2H2,1H3. The second kappa shape index (κ2) is 8.79. The summed E-state index contributed by atoms with van der Waals surface area (Å²) < 4.78 is 5.44. The maximum atomic E-state index is 11.7. The van der Waals surface area contributed by atoms with Crippen LogP contribution >= 0.6 is 11.6 Å². The lowest BCUT2D eigenvalue weighted by Gasteiger charge is -2.28. The largest absolute Gasteiger partial charge is 0.378 e. The van der Waals surface area contributed by atoms with E-state index in [9.17, 15) is 4.79 Å². The van der Waals surface area contributed by atoms with Crippen LogP contribution in [0.4, 0.5) is 5.69 Å². The number of nitrogens with one attached hydrogen (secondary N) is 1. The van der Waals surface area contributed by atoms with Crippen molar-refractivity contribution in [3.63, 3.8) is 0 Å². The minimum absolute atomic E-state index is 0.420. The van der Waals surface area contributed by atoms with Gasteiger partial charge in [-0.15, -0.1) is 0 Å². The molecule has 0 bridgehead atoms. The Morgan fingerprint density at radius 1 is 1.17 bits per heavy atom. The predicted molar refractivity (Wildman–Crippen MR) is 120 cm³/mol. The number of H-pyrrole nitrogens is 1. The van der Waals surface area contributed by atoms with E-state index in [1.807, 2.05) is 6.07 Å². The highest BCUT2D eigenvalue weighted by Gasteiger charge is 2.16. The number of nitrogens with zero attached hydrogens (tertiary/aromatic N) is 3. The number of rotatable bonds is 3. The number of aromatic nitrogens is 3. The summed E-state index contributed by atoms with van der Waals surface area (Å²) >= 11 is 5.89. The molecule has 0 atom stereocenters. The lowest BCUT2D eigenvalue weighted by molar-refractivity contribution is 0.112. The van der Waals surface area contributed by atoms with Crippen LogP contribution < -0.4 is 10.6 Å². The molecule has 1 aliphatic rings. The maximum Gasteiger partial charge on any atom is 0.152 e. The molecule has 3 aromatic heterocycles. The smallest absolute Gasteiger partial charge is 0.152 e. The number of aldehydes is 1. The van der Waals surface area contributed by atoms with E-state index in [1.165, 1.54) is 7.05 Å². The first-order valence-corrected chi connectivity index (χ1v) is 10.0. The van der Waals surface area contributed by atoms with Crippen LogP contribution in [0, 0.1) is 0 Å². The Morgan fingerprint density at radius 2 is 1.97 bits per heavy atom. The average molecular weight is 424 g/mol. The first kappa shape index (κ1) is 20.3. The Bertz CT molecular complexity index is 1180. The third kappa shape index (κ3) is 3.75. The van der Waals surface area contributed by atoms with Gasteiger partial charge in [0.2, 0.25) is 0 Å². The summed E-state index contributed by atoms with van der Waals surface area (Å²) in [5.41, 5.74) is 10.2. The quantitative estimate of drug-likeness (QED) is 0.385. The summed E-state index contributed by atoms with van der Waals surface area (Å²) in [6.45, 7) is 3.22. The molecule has 0 unspecified atom stereocenters. The number of benzene rings is 1. The van der Waals surface area contributed by atoms with Crippen LogP contribution in [0.1, 0.15) is 10.4 Å². The summed E-state index contributed by atoms with van der Waals surface area (Å²) in [5, 5.41) is 1.40. The van der Waals surface area contributed by atoms with E-state index in [-0.39, 0.29) is 0 Å². The number of carbonyl (C=O) groups excluding carboxylic acids is 1. The fraction of sp³-hybridized carbons (Fsp3) is 0.227. The summed E-state index contributed by atoms with van der Waals surface area (Å²) in [6.07, 6.45) is 2.52. The predicted octanol–water partition coefficient (Wildman–Crippen LogP) is 3.66. The highest BCUT2D eigenvalue weighted by molar-refractivity contribution is 6.29. The van der Waals surface area contributed by atoms with Gasteiger partial charge in [0, 0.05) is 41.5 Å². The highest BCUT2D eigenvalue weighted by atomic mass is 35.5. The summed E-state index contributed by atoms with van der Waals surface area (Å²) in [6, 6.07) is 11.6. The van der Waals surface area contributed by atoms with Gasteiger partial charge < -0.3 is 20.4 Å². The van der Waals surface area contributed by atoms with Crippen LogP contribution in [-0.2, 0) is 4.74 Å². The molecule has 0 amide bonds. The van der Waals surface area contributed by atoms with Gasteiger partial charge in [0.1, 0.15) is 5.15 Å². The van der Waals surface area contributed by atoms with Crippen LogP contribution in [0.5, 0.6) is 0 Å². The normalized spacial score (nSPS) is 13.9. The van der Waals surface area contributed by atoms with Crippen LogP contribution in [-0.4, -0.2) is 54.6 Å². The second-order valence-corrected chi connectivity index (χ2v) is 7.15. The molecule has 1 aromatic carbocycles. The molecule has 3 N–H and O–H groups in total. The Labute approximate surface area is 178 Å². The lowest BCUT2D eigenvalue weighted by atomic mass is 10.1. The zero-order valence-corrected chi connectivity index (χ0v) is 17.3. The van der Waals surface area contributed by atoms with Crippen molar-refractivity contribution in [3.05, 3.63) is 53.3 Å². The summed E-state index contributed by atoms with van der Waals surface area (Å²) in [7, 11) is 1.50. The molecule has 1 saturated heterocycles. The molecular weight excluding hydrogens is 402 g/mol. The molecule has 0 saturated carbocycles. The molecule has 4 heterocycles. The molecule has 30 heavy (non-hydrogen) atoms. The van der Waals surface area contributed by atoms with Crippen molar-refractivity contribution in [1.82, 2.24) is 15.0 Å². The number of pyridine rings is 2. The number of aromatic amines is 1. The number of anilines is 1. The zero-order chi connectivity index (χ0) is 21.1. The van der Waals surface area contributed by atoms with Crippen molar-refractivity contribution in [2.24, 2.45) is 5.73 Å². The van der Waals surface area contributed by atoms with Gasteiger partial charge in [-0.2, -0.15) is 0 Å². The van der Waals surface area contributed by atoms with Gasteiger partial charge in [-0.1, -0.05) is 11.6 Å². The Morgan fingerprint density at radius 3 is 2.67 bits per heavy atom. The van der Waals surface area contributed by atoms with Crippen LogP contribution in [0.2, 0.25) is 5.15 Å². The molecule has 7 nitrogen and oxygen atoms in total. The number of hydrogen-bond acceptors (Lipinski definition) is 6. The Kier molecular flexibility index (Phi) is 5.94. The van der Waals surface area contributed by atoms with Gasteiger partial charge >= 0.3 is 0 Å². The van der Waals surface area contributed by atoms with E-state index in [4.69, 9.17) is 21.3 Å². The fourth-order valence-corrected chi connectivity index (χ4v) is 3.77. The molecule has 1 fully saturated rings. The first-order valence-electron chi connectivity index (χ1n) is 9.67. The SMILES string of the molecule is CN.O=Cc1cc(-c2ccc(Cl)nc2)nc2c1[nH]c1cc(N3CCOCC3)ccc12. The number of fused-ring (bicyclic) bond motifs is 3. The molecular formula is C22H22ClN5O2. The van der Waals surface area contributed by atoms with Gasteiger partial charge in [-0.05, 0) is 43.4 Å². The van der Waals surface area contributed by atoms with E-state index >= 15 is 0 Å². The van der Waals surface area contributed by atoms with Crippen LogP contribution in [0.25, 0.3) is 33.2 Å². The molecule has 0 aliphatic carbocycles. The van der Waals surface area contributed by atoms with Gasteiger partial charge in [0.15, 0.2) is 6.29 Å². The first-order chi connectivity index (χ1) is 14.7. The van der Waals surface area contributed by atoms with Crippen molar-refractivity contribution in [3.8, 4) is 11.3 Å². The number of hydrogen-bond donors (Lipinski definition) is 2. The van der Waals surface area contributed by atoms with E-state index in [0.717, 1.165) is 65.8 Å². The zero-order valence-electron chi connectivity index (χ0n) is 16.6. The van der Waals surface area contributed by atoms with Crippen LogP contribution in [0.15, 0.2) is 42.6 Å². The van der Waals surface area contributed by atoms with Gasteiger partial charge in [-0.3, -0.25) is 4.79 Å². The second-order valence-electron chi connectivity index (χ2n) is 6.76. The fourth-order valence-electron chi connectivity index (χ4n) is 3.65. The van der Waals surface area contributed by atoms with E-state index in [0.29, 0.717) is 16.4 Å². The molecule has 154 valence electrons. The third-order valence-electron chi connectivity index (χ3n) is 5.09. The minimum Gasteiger partial charge on any atom is -0.378 e. The topological polar surface area (TPSA) is 97.1 Å². The average Bonchev–Trinajstić information content (AvgIpc) is 3.18. The van der Waals surface area contributed by atoms with Gasteiger partial charge in [0.05, 0.1) is 35.5 Å². The molecule has 0 radical (unpaired) electrons. The molecule has 0 spiro atoms. The molecule has 8 heteroatoms. The van der Waals surface area contributed by atoms with Crippen molar-refractivity contribution < 1.29 is 9.53 Å². The van der Waals surface area contributed by atoms with Crippen molar-refractivity contribution in [2.75, 3.05) is 38.3 Å². The van der Waals surface area contributed by atoms with E-state index < -0.39 is 0 Å². The van der Waals surface area contributed by atoms with Gasteiger partial charge in [-0.25, -0.2) is 9.97 Å². The van der Waals surface area contributed by atoms with Gasteiger partial charge in [0.25, 0.3) is 0 Å². The number of morpholine rings is 1. The van der Waals surface area contributed by atoms with E-state index in [1.54, 1.807) is 18.3 Å². The highest BCUT2D eigenvalue weighted by Crippen LogP contribution is 2.32. The third-order valence-corrected chi connectivity index (χ3v) is 5.32. The number of carbonyl (C=O) groups is 1. The lowest BCUT2D eigenvalue weighted by Crippen LogP contribution is -2.36. The van der Waals surface area contributed by atoms with Crippen molar-refractivity contribution >= 4 is 45.5 Å². The number of halogens is 1. The maximum absolute atomic E-state index is 11.7. The van der Waals surface area contributed by atoms with E-state index in [2.05, 4.69) is 38.8 Å². The summed E-state index contributed by atoms with van der Waals surface area (Å²) in [4.78, 5) is 26.3. The molecule has 1 aliphatic heterocycles. The monoisotopic (exact) mass is 423 g/mol. The number of nitrogens with two attached hydrogens (primary N) is 1. The molecule has 5 rings (SSSR count). The Hall–Kier alpha value is -3.00. The number of ether oxygens (including phenoxy) is 1.